The van der Waals surface area contributed by atoms with Crippen molar-refractivity contribution >= 4 is 5.91 Å². The second kappa shape index (κ2) is 8.97. The van der Waals surface area contributed by atoms with Crippen molar-refractivity contribution in [2.75, 3.05) is 6.54 Å². The molecule has 0 aliphatic heterocycles. The molecule has 0 spiro atoms. The van der Waals surface area contributed by atoms with Crippen LogP contribution in [0, 0.1) is 0 Å². The molecule has 4 rings (SSSR count). The third kappa shape index (κ3) is 4.95. The molecule has 2 aromatic carbocycles. The topological polar surface area (TPSA) is 96.7 Å². The van der Waals surface area contributed by atoms with Gasteiger partial charge in [-0.1, -0.05) is 42.5 Å². The molecular formula is C22H21N5O2. The Morgan fingerprint density at radius 1 is 0.931 bits per heavy atom. The molecule has 0 fully saturated rings. The number of aromatic amines is 1. The molecule has 29 heavy (non-hydrogen) atoms. The van der Waals surface area contributed by atoms with Gasteiger partial charge in [0.2, 0.25) is 17.7 Å². The summed E-state index contributed by atoms with van der Waals surface area (Å²) < 4.78 is 5.71. The Morgan fingerprint density at radius 2 is 1.69 bits per heavy atom. The molecule has 0 atom stereocenters. The van der Waals surface area contributed by atoms with E-state index in [4.69, 9.17) is 4.42 Å². The summed E-state index contributed by atoms with van der Waals surface area (Å²) >= 11 is 0. The van der Waals surface area contributed by atoms with E-state index in [0.717, 1.165) is 28.7 Å². The molecule has 7 nitrogen and oxygen atoms in total. The Hall–Kier alpha value is -3.74. The standard InChI is InChI=1S/C22H21N5O2/c28-20(23-13-12-16-14-24-25-15-16)10-11-21-26-27-22(29-21)19-8-6-18(7-9-19)17-4-2-1-3-5-17/h1-9,14-15H,10-13H2,(H,23,28)(H,24,25). The average molecular weight is 387 g/mol. The van der Waals surface area contributed by atoms with Crippen LogP contribution in [0.2, 0.25) is 0 Å². The predicted octanol–water partition coefficient (Wildman–Crippen LogP) is 3.42. The number of nitrogens with zero attached hydrogens (tertiary/aromatic N) is 3. The normalized spacial score (nSPS) is 10.8. The molecule has 7 heteroatoms. The fourth-order valence-electron chi connectivity index (χ4n) is 2.98. The summed E-state index contributed by atoms with van der Waals surface area (Å²) in [5.74, 6) is 0.873. The molecular weight excluding hydrogens is 366 g/mol. The number of aryl methyl sites for hydroxylation is 1. The van der Waals surface area contributed by atoms with Gasteiger partial charge >= 0.3 is 0 Å². The maximum atomic E-state index is 12.0. The van der Waals surface area contributed by atoms with E-state index in [0.29, 0.717) is 31.2 Å². The fraction of sp³-hybridized carbons (Fsp3) is 0.182. The number of hydrogen-bond donors (Lipinski definition) is 2. The Morgan fingerprint density at radius 3 is 2.45 bits per heavy atom. The van der Waals surface area contributed by atoms with Gasteiger partial charge in [0.15, 0.2) is 0 Å². The van der Waals surface area contributed by atoms with Gasteiger partial charge in [0.25, 0.3) is 0 Å². The van der Waals surface area contributed by atoms with Gasteiger partial charge in [0.1, 0.15) is 0 Å². The first kappa shape index (κ1) is 18.6. The Labute approximate surface area is 168 Å². The van der Waals surface area contributed by atoms with Crippen LogP contribution in [0.15, 0.2) is 71.4 Å². The van der Waals surface area contributed by atoms with Gasteiger partial charge in [0.05, 0.1) is 6.20 Å². The number of hydrogen-bond acceptors (Lipinski definition) is 5. The second-order valence-corrected chi connectivity index (χ2v) is 6.65. The maximum absolute atomic E-state index is 12.0. The highest BCUT2D eigenvalue weighted by molar-refractivity contribution is 5.76. The van der Waals surface area contributed by atoms with E-state index in [1.54, 1.807) is 6.20 Å². The van der Waals surface area contributed by atoms with Gasteiger partial charge in [-0.3, -0.25) is 9.89 Å². The number of carbonyl (C=O) groups excluding carboxylic acids is 1. The summed E-state index contributed by atoms with van der Waals surface area (Å²) in [6.07, 6.45) is 5.02. The third-order valence-corrected chi connectivity index (χ3v) is 4.56. The van der Waals surface area contributed by atoms with Crippen molar-refractivity contribution in [2.45, 2.75) is 19.3 Å². The van der Waals surface area contributed by atoms with Gasteiger partial charge < -0.3 is 9.73 Å². The van der Waals surface area contributed by atoms with Crippen molar-refractivity contribution < 1.29 is 9.21 Å². The van der Waals surface area contributed by atoms with Crippen molar-refractivity contribution in [1.29, 1.82) is 0 Å². The molecule has 0 aliphatic carbocycles. The summed E-state index contributed by atoms with van der Waals surface area (Å²) in [5.41, 5.74) is 4.20. The largest absolute Gasteiger partial charge is 0.421 e. The average Bonchev–Trinajstić information content (AvgIpc) is 3.45. The summed E-state index contributed by atoms with van der Waals surface area (Å²) in [6.45, 7) is 0.571. The fourth-order valence-corrected chi connectivity index (χ4v) is 2.98. The zero-order valence-electron chi connectivity index (χ0n) is 15.8. The molecule has 146 valence electrons. The number of H-pyrrole nitrogens is 1. The van der Waals surface area contributed by atoms with E-state index in [-0.39, 0.29) is 5.91 Å². The van der Waals surface area contributed by atoms with E-state index < -0.39 is 0 Å². The first-order valence-electron chi connectivity index (χ1n) is 9.50. The van der Waals surface area contributed by atoms with Crippen LogP contribution in [-0.2, 0) is 17.6 Å². The van der Waals surface area contributed by atoms with Crippen LogP contribution >= 0.6 is 0 Å². The number of nitrogens with one attached hydrogen (secondary N) is 2. The van der Waals surface area contributed by atoms with Crippen LogP contribution in [0.5, 0.6) is 0 Å². The molecule has 0 radical (unpaired) electrons. The van der Waals surface area contributed by atoms with Crippen molar-refractivity contribution in [3.8, 4) is 22.6 Å². The van der Waals surface area contributed by atoms with E-state index >= 15 is 0 Å². The van der Waals surface area contributed by atoms with Gasteiger partial charge in [-0.25, -0.2) is 0 Å². The van der Waals surface area contributed by atoms with Crippen molar-refractivity contribution in [3.63, 3.8) is 0 Å². The Balaban J connectivity index is 1.28. The van der Waals surface area contributed by atoms with Crippen molar-refractivity contribution in [2.24, 2.45) is 0 Å². The zero-order valence-corrected chi connectivity index (χ0v) is 15.8. The van der Waals surface area contributed by atoms with Crippen LogP contribution in [0.4, 0.5) is 0 Å². The molecule has 0 unspecified atom stereocenters. The van der Waals surface area contributed by atoms with Crippen LogP contribution in [0.3, 0.4) is 0 Å². The molecule has 0 bridgehead atoms. The van der Waals surface area contributed by atoms with Crippen LogP contribution in [-0.4, -0.2) is 32.8 Å². The summed E-state index contributed by atoms with van der Waals surface area (Å²) in [6, 6.07) is 18.1. The van der Waals surface area contributed by atoms with Gasteiger partial charge in [-0.2, -0.15) is 5.10 Å². The van der Waals surface area contributed by atoms with E-state index in [1.165, 1.54) is 0 Å². The van der Waals surface area contributed by atoms with Gasteiger partial charge in [-0.05, 0) is 35.2 Å². The Bertz CT molecular complexity index is 1040. The highest BCUT2D eigenvalue weighted by atomic mass is 16.4. The number of benzene rings is 2. The molecule has 0 saturated carbocycles. The van der Waals surface area contributed by atoms with Crippen LogP contribution in [0.1, 0.15) is 17.9 Å². The van der Waals surface area contributed by atoms with Gasteiger partial charge in [-0.15, -0.1) is 10.2 Å². The molecule has 0 aliphatic rings. The van der Waals surface area contributed by atoms with Crippen molar-refractivity contribution in [3.05, 3.63) is 78.4 Å². The first-order chi connectivity index (χ1) is 14.3. The molecule has 1 amide bonds. The lowest BCUT2D eigenvalue weighted by Gasteiger charge is -2.03. The second-order valence-electron chi connectivity index (χ2n) is 6.65. The molecule has 0 saturated heterocycles. The first-order valence-corrected chi connectivity index (χ1v) is 9.50. The minimum atomic E-state index is -0.0412. The summed E-state index contributed by atoms with van der Waals surface area (Å²) in [7, 11) is 0. The third-order valence-electron chi connectivity index (χ3n) is 4.56. The number of rotatable bonds is 8. The summed E-state index contributed by atoms with van der Waals surface area (Å²) in [4.78, 5) is 12.0. The lowest BCUT2D eigenvalue weighted by molar-refractivity contribution is -0.121. The molecule has 2 N–H and O–H groups in total. The minimum Gasteiger partial charge on any atom is -0.421 e. The number of aromatic nitrogens is 4. The van der Waals surface area contributed by atoms with Crippen LogP contribution in [0.25, 0.3) is 22.6 Å². The Kier molecular flexibility index (Phi) is 5.76. The van der Waals surface area contributed by atoms with Gasteiger partial charge in [0, 0.05) is 31.1 Å². The highest BCUT2D eigenvalue weighted by Gasteiger charge is 2.11. The van der Waals surface area contributed by atoms with Crippen molar-refractivity contribution in [1.82, 2.24) is 25.7 Å². The van der Waals surface area contributed by atoms with E-state index in [1.807, 2.05) is 48.7 Å². The summed E-state index contributed by atoms with van der Waals surface area (Å²) in [5, 5.41) is 17.7. The molecule has 2 heterocycles. The molecule has 2 aromatic heterocycles. The lowest BCUT2D eigenvalue weighted by atomic mass is 10.0. The maximum Gasteiger partial charge on any atom is 0.247 e. The zero-order chi connectivity index (χ0) is 19.9. The smallest absolute Gasteiger partial charge is 0.247 e. The predicted molar refractivity (Wildman–Crippen MR) is 109 cm³/mol. The van der Waals surface area contributed by atoms with E-state index in [9.17, 15) is 4.79 Å². The lowest BCUT2D eigenvalue weighted by Crippen LogP contribution is -2.25. The number of amides is 1. The highest BCUT2D eigenvalue weighted by Crippen LogP contribution is 2.24. The minimum absolute atomic E-state index is 0.0412. The number of carbonyl (C=O) groups is 1. The monoisotopic (exact) mass is 387 g/mol. The quantitative estimate of drug-likeness (QED) is 0.483. The SMILES string of the molecule is O=C(CCc1nnc(-c2ccc(-c3ccccc3)cc2)o1)NCCc1cn[nH]c1. The molecule has 4 aromatic rings. The van der Waals surface area contributed by atoms with Crippen LogP contribution < -0.4 is 5.32 Å². The van der Waals surface area contributed by atoms with E-state index in [2.05, 4.69) is 37.8 Å².